The Morgan fingerprint density at radius 3 is 2.50 bits per heavy atom. The fourth-order valence-electron chi connectivity index (χ4n) is 2.07. The van der Waals surface area contributed by atoms with Crippen LogP contribution in [0.1, 0.15) is 53.0 Å². The van der Waals surface area contributed by atoms with Gasteiger partial charge in [-0.15, -0.1) is 0 Å². The lowest BCUT2D eigenvalue weighted by molar-refractivity contribution is -0.139. The number of nitrogens with one attached hydrogen (secondary N) is 1. The molecular weight excluding hydrogens is 278 g/mol. The quantitative estimate of drug-likeness (QED) is 0.778. The van der Waals surface area contributed by atoms with Gasteiger partial charge in [0.1, 0.15) is 11.4 Å². The number of amides is 1. The Labute approximate surface area is 134 Å². The predicted molar refractivity (Wildman–Crippen MR) is 90.5 cm³/mol. The Hall–Kier alpha value is -1.55. The molecule has 0 heterocycles. The third kappa shape index (κ3) is 4.73. The number of ether oxygens (including phenoxy) is 2. The molecule has 1 rings (SSSR count). The average Bonchev–Trinajstić information content (AvgIpc) is 2.49. The molecular formula is C18H29NO3. The second-order valence-corrected chi connectivity index (χ2v) is 5.79. The molecule has 0 fully saturated rings. The zero-order chi connectivity index (χ0) is 16.8. The SMILES string of the molecule is CCOC(C)(CC)C(=O)Nc1ccc(OC(C)CC)c(C)c1. The van der Waals surface area contributed by atoms with Crippen molar-refractivity contribution in [1.82, 2.24) is 0 Å². The minimum absolute atomic E-state index is 0.119. The molecule has 2 atom stereocenters. The zero-order valence-electron chi connectivity index (χ0n) is 14.7. The van der Waals surface area contributed by atoms with Crippen molar-refractivity contribution >= 4 is 11.6 Å². The van der Waals surface area contributed by atoms with Crippen molar-refractivity contribution in [2.45, 2.75) is 66.1 Å². The molecule has 0 saturated carbocycles. The second-order valence-electron chi connectivity index (χ2n) is 5.79. The van der Waals surface area contributed by atoms with Gasteiger partial charge in [0.05, 0.1) is 6.10 Å². The molecule has 0 aliphatic heterocycles. The lowest BCUT2D eigenvalue weighted by Crippen LogP contribution is -2.42. The van der Waals surface area contributed by atoms with Crippen LogP contribution >= 0.6 is 0 Å². The molecule has 0 bridgehead atoms. The van der Waals surface area contributed by atoms with E-state index in [1.54, 1.807) is 0 Å². The van der Waals surface area contributed by atoms with Gasteiger partial charge >= 0.3 is 0 Å². The maximum atomic E-state index is 12.4. The van der Waals surface area contributed by atoms with Crippen LogP contribution in [0.15, 0.2) is 18.2 Å². The molecule has 0 aromatic heterocycles. The van der Waals surface area contributed by atoms with Crippen LogP contribution in [0.4, 0.5) is 5.69 Å². The molecule has 0 radical (unpaired) electrons. The largest absolute Gasteiger partial charge is 0.490 e. The highest BCUT2D eigenvalue weighted by atomic mass is 16.5. The zero-order valence-corrected chi connectivity index (χ0v) is 14.7. The first-order valence-corrected chi connectivity index (χ1v) is 8.09. The molecule has 0 saturated heterocycles. The molecule has 124 valence electrons. The lowest BCUT2D eigenvalue weighted by Gasteiger charge is -2.27. The molecule has 0 aliphatic rings. The third-order valence-electron chi connectivity index (χ3n) is 3.95. The summed E-state index contributed by atoms with van der Waals surface area (Å²) in [7, 11) is 0. The Bertz CT molecular complexity index is 501. The standard InChI is InChI=1S/C18H29NO3/c1-7-14(5)22-16-11-10-15(12-13(16)4)19-17(20)18(6,8-2)21-9-3/h10-12,14H,7-9H2,1-6H3,(H,19,20). The van der Waals surface area contributed by atoms with Gasteiger partial charge in [0.2, 0.25) is 0 Å². The molecule has 1 aromatic rings. The van der Waals surface area contributed by atoms with Crippen LogP contribution in [0.2, 0.25) is 0 Å². The Morgan fingerprint density at radius 1 is 1.32 bits per heavy atom. The van der Waals surface area contributed by atoms with Crippen molar-refractivity contribution in [1.29, 1.82) is 0 Å². The lowest BCUT2D eigenvalue weighted by atomic mass is 10.0. The summed E-state index contributed by atoms with van der Waals surface area (Å²) in [5.74, 6) is 0.738. The molecule has 1 amide bonds. The van der Waals surface area contributed by atoms with Crippen LogP contribution in [-0.2, 0) is 9.53 Å². The molecule has 22 heavy (non-hydrogen) atoms. The molecule has 0 spiro atoms. The van der Waals surface area contributed by atoms with Crippen LogP contribution < -0.4 is 10.1 Å². The van der Waals surface area contributed by atoms with E-state index < -0.39 is 5.60 Å². The maximum absolute atomic E-state index is 12.4. The summed E-state index contributed by atoms with van der Waals surface area (Å²) in [4.78, 5) is 12.4. The van der Waals surface area contributed by atoms with E-state index in [1.807, 2.05) is 52.8 Å². The Morgan fingerprint density at radius 2 is 2.00 bits per heavy atom. The molecule has 1 aromatic carbocycles. The van der Waals surface area contributed by atoms with E-state index in [-0.39, 0.29) is 12.0 Å². The summed E-state index contributed by atoms with van der Waals surface area (Å²) in [6.07, 6.45) is 1.77. The fraction of sp³-hybridized carbons (Fsp3) is 0.611. The fourth-order valence-corrected chi connectivity index (χ4v) is 2.07. The van der Waals surface area contributed by atoms with Crippen LogP contribution in [0.5, 0.6) is 5.75 Å². The normalized spacial score (nSPS) is 15.0. The van der Waals surface area contributed by atoms with Crippen molar-refractivity contribution in [2.75, 3.05) is 11.9 Å². The van der Waals surface area contributed by atoms with E-state index in [0.29, 0.717) is 13.0 Å². The van der Waals surface area contributed by atoms with Crippen molar-refractivity contribution in [3.63, 3.8) is 0 Å². The second kappa shape index (κ2) is 8.18. The van der Waals surface area contributed by atoms with E-state index in [0.717, 1.165) is 23.4 Å². The van der Waals surface area contributed by atoms with Crippen molar-refractivity contribution in [2.24, 2.45) is 0 Å². The van der Waals surface area contributed by atoms with Gasteiger partial charge in [-0.1, -0.05) is 13.8 Å². The number of anilines is 1. The van der Waals surface area contributed by atoms with Crippen LogP contribution in [0.25, 0.3) is 0 Å². The van der Waals surface area contributed by atoms with Gasteiger partial charge in [-0.25, -0.2) is 0 Å². The molecule has 1 N–H and O–H groups in total. The Kier molecular flexibility index (Phi) is 6.88. The van der Waals surface area contributed by atoms with Gasteiger partial charge in [-0.2, -0.15) is 0 Å². The predicted octanol–water partition coefficient (Wildman–Crippen LogP) is 4.32. The van der Waals surface area contributed by atoms with Gasteiger partial charge in [-0.05, 0) is 64.3 Å². The molecule has 4 nitrogen and oxygen atoms in total. The molecule has 4 heteroatoms. The number of rotatable bonds is 8. The first-order valence-electron chi connectivity index (χ1n) is 8.09. The molecule has 2 unspecified atom stereocenters. The van der Waals surface area contributed by atoms with Gasteiger partial charge in [0.25, 0.3) is 5.91 Å². The first-order chi connectivity index (χ1) is 10.4. The molecule has 0 aliphatic carbocycles. The summed E-state index contributed by atoms with van der Waals surface area (Å²) < 4.78 is 11.4. The third-order valence-corrected chi connectivity index (χ3v) is 3.95. The number of aryl methyl sites for hydroxylation is 1. The van der Waals surface area contributed by atoms with Crippen LogP contribution in [0, 0.1) is 6.92 Å². The van der Waals surface area contributed by atoms with Crippen molar-refractivity contribution < 1.29 is 14.3 Å². The average molecular weight is 307 g/mol. The first kappa shape index (κ1) is 18.5. The topological polar surface area (TPSA) is 47.6 Å². The highest BCUT2D eigenvalue weighted by molar-refractivity contribution is 5.97. The van der Waals surface area contributed by atoms with E-state index >= 15 is 0 Å². The monoisotopic (exact) mass is 307 g/mol. The highest BCUT2D eigenvalue weighted by Gasteiger charge is 2.31. The number of carbonyl (C=O) groups is 1. The van der Waals surface area contributed by atoms with Gasteiger partial charge in [0.15, 0.2) is 0 Å². The Balaban J connectivity index is 2.82. The number of benzene rings is 1. The van der Waals surface area contributed by atoms with Crippen molar-refractivity contribution in [3.05, 3.63) is 23.8 Å². The van der Waals surface area contributed by atoms with E-state index in [1.165, 1.54) is 0 Å². The highest BCUT2D eigenvalue weighted by Crippen LogP contribution is 2.25. The minimum atomic E-state index is -0.797. The van der Waals surface area contributed by atoms with Gasteiger partial charge in [-0.3, -0.25) is 4.79 Å². The summed E-state index contributed by atoms with van der Waals surface area (Å²) in [6.45, 7) is 12.3. The number of carbonyl (C=O) groups excluding carboxylic acids is 1. The van der Waals surface area contributed by atoms with Crippen LogP contribution in [0.3, 0.4) is 0 Å². The summed E-state index contributed by atoms with van der Waals surface area (Å²) in [5.41, 5.74) is 0.972. The summed E-state index contributed by atoms with van der Waals surface area (Å²) >= 11 is 0. The summed E-state index contributed by atoms with van der Waals surface area (Å²) in [6, 6.07) is 5.70. The van der Waals surface area contributed by atoms with E-state index in [9.17, 15) is 4.79 Å². The number of hydrogen-bond acceptors (Lipinski definition) is 3. The smallest absolute Gasteiger partial charge is 0.256 e. The van der Waals surface area contributed by atoms with E-state index in [4.69, 9.17) is 9.47 Å². The van der Waals surface area contributed by atoms with Gasteiger partial charge in [0, 0.05) is 12.3 Å². The maximum Gasteiger partial charge on any atom is 0.256 e. The summed E-state index contributed by atoms with van der Waals surface area (Å²) in [5, 5.41) is 2.93. The van der Waals surface area contributed by atoms with E-state index in [2.05, 4.69) is 12.2 Å². The number of hydrogen-bond donors (Lipinski definition) is 1. The van der Waals surface area contributed by atoms with Gasteiger partial charge < -0.3 is 14.8 Å². The minimum Gasteiger partial charge on any atom is -0.490 e. The van der Waals surface area contributed by atoms with Crippen molar-refractivity contribution in [3.8, 4) is 5.75 Å². The van der Waals surface area contributed by atoms with Crippen LogP contribution in [-0.4, -0.2) is 24.2 Å².